The second-order valence-corrected chi connectivity index (χ2v) is 5.40. The summed E-state index contributed by atoms with van der Waals surface area (Å²) in [5, 5.41) is 0. The van der Waals surface area contributed by atoms with Crippen LogP contribution in [0, 0.1) is 5.92 Å². The molecule has 0 aliphatic carbocycles. The number of hydrogen-bond donors (Lipinski definition) is 1. The van der Waals surface area contributed by atoms with Crippen LogP contribution in [0.25, 0.3) is 11.0 Å². The summed E-state index contributed by atoms with van der Waals surface area (Å²) in [6.07, 6.45) is 0.770. The molecule has 19 heavy (non-hydrogen) atoms. The highest BCUT2D eigenvalue weighted by molar-refractivity contribution is 5.83. The minimum absolute atomic E-state index is 0.0674. The Kier molecular flexibility index (Phi) is 4.00. The zero-order chi connectivity index (χ0) is 14.0. The van der Waals surface area contributed by atoms with E-state index in [0.717, 1.165) is 16.9 Å². The van der Waals surface area contributed by atoms with Crippen molar-refractivity contribution in [3.63, 3.8) is 0 Å². The fourth-order valence-corrected chi connectivity index (χ4v) is 2.10. The molecule has 1 heterocycles. The predicted octanol–water partition coefficient (Wildman–Crippen LogP) is 2.06. The third kappa shape index (κ3) is 3.01. The Morgan fingerprint density at radius 3 is 2.68 bits per heavy atom. The fourth-order valence-electron chi connectivity index (χ4n) is 2.10. The lowest BCUT2D eigenvalue weighted by Crippen LogP contribution is -2.30. The quantitative estimate of drug-likeness (QED) is 0.894. The largest absolute Gasteiger partial charge is 0.331 e. The molecule has 4 heteroatoms. The van der Waals surface area contributed by atoms with Gasteiger partial charge in [-0.3, -0.25) is 4.79 Å². The van der Waals surface area contributed by atoms with Crippen molar-refractivity contribution in [1.29, 1.82) is 0 Å². The minimum Gasteiger partial charge on any atom is -0.331 e. The van der Waals surface area contributed by atoms with Gasteiger partial charge >= 0.3 is 0 Å². The molecule has 1 aromatic heterocycles. The van der Waals surface area contributed by atoms with Crippen LogP contribution in [0.4, 0.5) is 0 Å². The van der Waals surface area contributed by atoms with Gasteiger partial charge in [-0.05, 0) is 18.1 Å². The topological polar surface area (TPSA) is 60.9 Å². The number of hydrogen-bond acceptors (Lipinski definition) is 3. The average Bonchev–Trinajstić information content (AvgIpc) is 2.66. The minimum atomic E-state index is -0.0674. The first-order valence-corrected chi connectivity index (χ1v) is 6.66. The van der Waals surface area contributed by atoms with Crippen molar-refractivity contribution in [3.05, 3.63) is 30.1 Å². The van der Waals surface area contributed by atoms with Gasteiger partial charge in [0.1, 0.15) is 11.6 Å². The number of aryl methyl sites for hydroxylation is 1. The molecule has 0 aliphatic rings. The molecular weight excluding hydrogens is 238 g/mol. The Bertz CT molecular complexity index is 586. The highest BCUT2D eigenvalue weighted by atomic mass is 16.1. The average molecular weight is 259 g/mol. The lowest BCUT2D eigenvalue weighted by molar-refractivity contribution is -0.119. The van der Waals surface area contributed by atoms with E-state index in [2.05, 4.69) is 4.98 Å². The zero-order valence-electron chi connectivity index (χ0n) is 11.8. The monoisotopic (exact) mass is 259 g/mol. The first kappa shape index (κ1) is 13.7. The smallest absolute Gasteiger partial charge is 0.141 e. The molecule has 0 spiro atoms. The number of rotatable bonds is 5. The van der Waals surface area contributed by atoms with Crippen molar-refractivity contribution in [1.82, 2.24) is 9.55 Å². The van der Waals surface area contributed by atoms with E-state index in [4.69, 9.17) is 5.73 Å². The summed E-state index contributed by atoms with van der Waals surface area (Å²) in [6.45, 7) is 4.07. The normalized spacial score (nSPS) is 13.1. The summed E-state index contributed by atoms with van der Waals surface area (Å²) in [5.74, 6) is 1.28. The SMILES string of the molecule is CC(C)C(N)CC(=O)Cc1nc2ccccc2n1C. The molecule has 2 aromatic rings. The lowest BCUT2D eigenvalue weighted by Gasteiger charge is -2.14. The number of ketones is 1. The summed E-state index contributed by atoms with van der Waals surface area (Å²) >= 11 is 0. The number of nitrogens with zero attached hydrogens (tertiary/aromatic N) is 2. The molecule has 0 bridgehead atoms. The van der Waals surface area contributed by atoms with Crippen LogP contribution in [0.15, 0.2) is 24.3 Å². The maximum absolute atomic E-state index is 12.0. The molecule has 4 nitrogen and oxygen atoms in total. The van der Waals surface area contributed by atoms with Gasteiger partial charge in [0.15, 0.2) is 0 Å². The van der Waals surface area contributed by atoms with Crippen LogP contribution in [0.5, 0.6) is 0 Å². The number of Topliss-reactive ketones (excluding diaryl/α,β-unsaturated/α-hetero) is 1. The van der Waals surface area contributed by atoms with Crippen molar-refractivity contribution >= 4 is 16.8 Å². The van der Waals surface area contributed by atoms with Crippen LogP contribution >= 0.6 is 0 Å². The second-order valence-electron chi connectivity index (χ2n) is 5.40. The van der Waals surface area contributed by atoms with Crippen molar-refractivity contribution in [2.75, 3.05) is 0 Å². The summed E-state index contributed by atoms with van der Waals surface area (Å²) in [7, 11) is 1.94. The van der Waals surface area contributed by atoms with Gasteiger partial charge in [0.2, 0.25) is 0 Å². The van der Waals surface area contributed by atoms with Crippen LogP contribution in [0.1, 0.15) is 26.1 Å². The molecule has 0 saturated heterocycles. The van der Waals surface area contributed by atoms with Crippen molar-refractivity contribution in [2.45, 2.75) is 32.7 Å². The van der Waals surface area contributed by atoms with Crippen LogP contribution < -0.4 is 5.73 Å². The Hall–Kier alpha value is -1.68. The third-order valence-corrected chi connectivity index (χ3v) is 3.55. The van der Waals surface area contributed by atoms with Crippen molar-refractivity contribution in [2.24, 2.45) is 18.7 Å². The van der Waals surface area contributed by atoms with E-state index < -0.39 is 0 Å². The van der Waals surface area contributed by atoms with Crippen LogP contribution in [0.3, 0.4) is 0 Å². The molecule has 102 valence electrons. The van der Waals surface area contributed by atoms with Crippen molar-refractivity contribution < 1.29 is 4.79 Å². The number of nitrogens with two attached hydrogens (primary N) is 1. The Labute approximate surface area is 113 Å². The number of carbonyl (C=O) groups is 1. The molecule has 2 rings (SSSR count). The summed E-state index contributed by atoms with van der Waals surface area (Å²) < 4.78 is 1.98. The van der Waals surface area contributed by atoms with Gasteiger partial charge < -0.3 is 10.3 Å². The van der Waals surface area contributed by atoms with E-state index in [-0.39, 0.29) is 11.8 Å². The molecule has 1 unspecified atom stereocenters. The van der Waals surface area contributed by atoms with Gasteiger partial charge in [0.25, 0.3) is 0 Å². The van der Waals surface area contributed by atoms with Crippen molar-refractivity contribution in [3.8, 4) is 0 Å². The first-order valence-electron chi connectivity index (χ1n) is 6.66. The Morgan fingerprint density at radius 1 is 1.37 bits per heavy atom. The van der Waals surface area contributed by atoms with Gasteiger partial charge in [-0.15, -0.1) is 0 Å². The number of benzene rings is 1. The van der Waals surface area contributed by atoms with Gasteiger partial charge in [-0.1, -0.05) is 26.0 Å². The number of carbonyl (C=O) groups excluding carboxylic acids is 1. The Balaban J connectivity index is 2.13. The van der Waals surface area contributed by atoms with E-state index >= 15 is 0 Å². The highest BCUT2D eigenvalue weighted by Crippen LogP contribution is 2.15. The van der Waals surface area contributed by atoms with E-state index in [0.29, 0.717) is 18.8 Å². The van der Waals surface area contributed by atoms with Crippen LogP contribution in [-0.4, -0.2) is 21.4 Å². The van der Waals surface area contributed by atoms with E-state index in [1.54, 1.807) is 0 Å². The van der Waals surface area contributed by atoms with Gasteiger partial charge in [-0.2, -0.15) is 0 Å². The maximum atomic E-state index is 12.0. The number of para-hydroxylation sites is 2. The van der Waals surface area contributed by atoms with Gasteiger partial charge in [0.05, 0.1) is 17.5 Å². The standard InChI is InChI=1S/C15H21N3O/c1-10(2)12(16)8-11(19)9-15-17-13-6-4-5-7-14(13)18(15)3/h4-7,10,12H,8-9,16H2,1-3H3. The molecule has 0 radical (unpaired) electrons. The molecule has 0 aliphatic heterocycles. The molecule has 0 saturated carbocycles. The fraction of sp³-hybridized carbons (Fsp3) is 0.467. The molecular formula is C15H21N3O. The number of aromatic nitrogens is 2. The molecule has 0 fully saturated rings. The van der Waals surface area contributed by atoms with Crippen LogP contribution in [0.2, 0.25) is 0 Å². The van der Waals surface area contributed by atoms with Crippen LogP contribution in [-0.2, 0) is 18.3 Å². The molecule has 1 aromatic carbocycles. The highest BCUT2D eigenvalue weighted by Gasteiger charge is 2.16. The molecule has 2 N–H and O–H groups in total. The number of imidazole rings is 1. The van der Waals surface area contributed by atoms with E-state index in [1.165, 1.54) is 0 Å². The van der Waals surface area contributed by atoms with Gasteiger partial charge in [0, 0.05) is 19.5 Å². The van der Waals surface area contributed by atoms with Gasteiger partial charge in [-0.25, -0.2) is 4.98 Å². The molecule has 0 amide bonds. The number of fused-ring (bicyclic) bond motifs is 1. The van der Waals surface area contributed by atoms with E-state index in [1.807, 2.05) is 49.7 Å². The van der Waals surface area contributed by atoms with E-state index in [9.17, 15) is 4.79 Å². The summed E-state index contributed by atoms with van der Waals surface area (Å²) in [6, 6.07) is 7.83. The lowest BCUT2D eigenvalue weighted by atomic mass is 9.98. The summed E-state index contributed by atoms with van der Waals surface area (Å²) in [4.78, 5) is 16.5. The Morgan fingerprint density at radius 2 is 2.05 bits per heavy atom. The molecule has 1 atom stereocenters. The summed E-state index contributed by atoms with van der Waals surface area (Å²) in [5.41, 5.74) is 7.92. The zero-order valence-corrected chi connectivity index (χ0v) is 11.8. The maximum Gasteiger partial charge on any atom is 0.141 e. The third-order valence-electron chi connectivity index (χ3n) is 3.55. The first-order chi connectivity index (χ1) is 8.99. The second kappa shape index (κ2) is 5.53. The predicted molar refractivity (Wildman–Crippen MR) is 76.9 cm³/mol.